The topological polar surface area (TPSA) is 119 Å². The smallest absolute Gasteiger partial charge is 0.237 e. The summed E-state index contributed by atoms with van der Waals surface area (Å²) in [6.45, 7) is 8.16. The number of amides is 1. The van der Waals surface area contributed by atoms with E-state index in [1.807, 2.05) is 0 Å². The van der Waals surface area contributed by atoms with Gasteiger partial charge >= 0.3 is 0 Å². The Labute approximate surface area is 222 Å². The monoisotopic (exact) mass is 522 g/mol. The van der Waals surface area contributed by atoms with E-state index in [2.05, 4.69) is 38.4 Å². The standard InChI is InChI=1S/C27H50N6O4/c1-18-23-8-9-33(13-19(23)6-7-25(18)36-15-22-12-28-17-37-22)14-21(34)11-29-27(35)24-10-26(31-16-30-24)32-20-4-2-3-5-20/h18-26,28,30-32,34H,2-17H2,1H3,(H,29,35)/t18?,19?,21-,22?,23?,24?,25?,26?/m0/s1. The van der Waals surface area contributed by atoms with E-state index in [4.69, 9.17) is 9.47 Å². The zero-order chi connectivity index (χ0) is 25.6. The van der Waals surface area contributed by atoms with E-state index < -0.39 is 6.10 Å². The van der Waals surface area contributed by atoms with Crippen LogP contribution < -0.4 is 26.6 Å². The summed E-state index contributed by atoms with van der Waals surface area (Å²) in [6.07, 6.45) is 9.36. The van der Waals surface area contributed by atoms with E-state index in [-0.39, 0.29) is 24.2 Å². The molecular weight excluding hydrogens is 472 g/mol. The highest BCUT2D eigenvalue weighted by atomic mass is 16.5. The number of nitrogens with one attached hydrogen (secondary N) is 5. The third kappa shape index (κ3) is 7.63. The highest BCUT2D eigenvalue weighted by Gasteiger charge is 2.41. The summed E-state index contributed by atoms with van der Waals surface area (Å²) < 4.78 is 11.9. The van der Waals surface area contributed by atoms with Crippen LogP contribution in [0.1, 0.15) is 58.3 Å². The molecule has 0 aromatic rings. The van der Waals surface area contributed by atoms with Crippen molar-refractivity contribution in [1.82, 2.24) is 31.5 Å². The van der Waals surface area contributed by atoms with Crippen LogP contribution in [0.15, 0.2) is 0 Å². The van der Waals surface area contributed by atoms with Gasteiger partial charge < -0.3 is 24.8 Å². The molecule has 0 spiro atoms. The molecule has 5 fully saturated rings. The number of β-amino-alcohol motifs (C(OH)–C–C–N with tert-alkyl or cyclic N) is 1. The lowest BCUT2D eigenvalue weighted by Gasteiger charge is -2.47. The van der Waals surface area contributed by atoms with Crippen LogP contribution in [0.25, 0.3) is 0 Å². The van der Waals surface area contributed by atoms with Gasteiger partial charge in [0.05, 0.1) is 43.9 Å². The normalized spacial score (nSPS) is 38.4. The average Bonchev–Trinajstić information content (AvgIpc) is 3.62. The third-order valence-corrected chi connectivity index (χ3v) is 9.51. The number of aliphatic hydroxyl groups is 1. The molecule has 0 radical (unpaired) electrons. The second kappa shape index (κ2) is 13.5. The maximum absolute atomic E-state index is 12.8. The van der Waals surface area contributed by atoms with Crippen molar-refractivity contribution in [2.45, 2.75) is 94.9 Å². The van der Waals surface area contributed by atoms with Gasteiger partial charge in [-0.05, 0) is 56.4 Å². The van der Waals surface area contributed by atoms with Gasteiger partial charge in [-0.25, -0.2) is 0 Å². The minimum absolute atomic E-state index is 0.0107. The first kappa shape index (κ1) is 27.7. The third-order valence-electron chi connectivity index (χ3n) is 9.51. The molecule has 5 aliphatic rings. The van der Waals surface area contributed by atoms with Gasteiger partial charge in [-0.3, -0.25) is 26.1 Å². The Morgan fingerprint density at radius 1 is 1.19 bits per heavy atom. The lowest BCUT2D eigenvalue weighted by atomic mass is 9.68. The van der Waals surface area contributed by atoms with E-state index in [0.717, 1.165) is 38.9 Å². The van der Waals surface area contributed by atoms with Crippen LogP contribution in [-0.4, -0.2) is 105 Å². The zero-order valence-electron chi connectivity index (χ0n) is 22.6. The molecule has 8 atom stereocenters. The summed E-state index contributed by atoms with van der Waals surface area (Å²) in [7, 11) is 0. The predicted octanol–water partition coefficient (Wildman–Crippen LogP) is -0.0701. The van der Waals surface area contributed by atoms with Crippen LogP contribution in [0, 0.1) is 17.8 Å². The average molecular weight is 523 g/mol. The minimum atomic E-state index is -0.549. The first-order chi connectivity index (χ1) is 18.0. The Kier molecular flexibility index (Phi) is 10.1. The van der Waals surface area contributed by atoms with E-state index in [1.54, 1.807) is 0 Å². The van der Waals surface area contributed by atoms with E-state index in [1.165, 1.54) is 32.1 Å². The van der Waals surface area contributed by atoms with Gasteiger partial charge in [-0.15, -0.1) is 0 Å². The molecule has 10 nitrogen and oxygen atoms in total. The molecule has 3 heterocycles. The Morgan fingerprint density at radius 2 is 2.05 bits per heavy atom. The minimum Gasteiger partial charge on any atom is -0.390 e. The molecule has 0 aromatic carbocycles. The van der Waals surface area contributed by atoms with Crippen molar-refractivity contribution in [1.29, 1.82) is 0 Å². The molecule has 3 saturated heterocycles. The number of ether oxygens (including phenoxy) is 2. The quantitative estimate of drug-likeness (QED) is 0.234. The SMILES string of the molecule is CC1C(OCC2CNCO2)CCC2CN(C[C@@H](O)CNC(=O)C3CC(NC4CCCC4)NCN3)CCC21. The second-order valence-electron chi connectivity index (χ2n) is 12.1. The van der Waals surface area contributed by atoms with Gasteiger partial charge in [0.25, 0.3) is 0 Å². The summed E-state index contributed by atoms with van der Waals surface area (Å²) in [5, 5.41) is 27.3. The van der Waals surface area contributed by atoms with Crippen LogP contribution in [0.3, 0.4) is 0 Å². The van der Waals surface area contributed by atoms with Crippen molar-refractivity contribution >= 4 is 5.91 Å². The van der Waals surface area contributed by atoms with Crippen molar-refractivity contribution in [3.63, 3.8) is 0 Å². The molecule has 3 aliphatic heterocycles. The fourth-order valence-electron chi connectivity index (χ4n) is 7.35. The number of likely N-dealkylation sites (tertiary alicyclic amines) is 1. The van der Waals surface area contributed by atoms with Crippen LogP contribution in [0.4, 0.5) is 0 Å². The number of carbonyl (C=O) groups excluding carboxylic acids is 1. The first-order valence-electron chi connectivity index (χ1n) is 14.9. The van der Waals surface area contributed by atoms with Crippen LogP contribution in [0.5, 0.6) is 0 Å². The Bertz CT molecular complexity index is 719. The molecule has 37 heavy (non-hydrogen) atoms. The predicted molar refractivity (Wildman–Crippen MR) is 142 cm³/mol. The van der Waals surface area contributed by atoms with E-state index in [0.29, 0.717) is 63.0 Å². The summed E-state index contributed by atoms with van der Waals surface area (Å²) in [5.41, 5.74) is 0. The summed E-state index contributed by atoms with van der Waals surface area (Å²) in [6, 6.07) is 0.346. The molecular formula is C27H50N6O4. The summed E-state index contributed by atoms with van der Waals surface area (Å²) in [4.78, 5) is 15.2. The number of nitrogens with zero attached hydrogens (tertiary/aromatic N) is 1. The number of fused-ring (bicyclic) bond motifs is 1. The molecule has 1 amide bonds. The molecule has 0 aromatic heterocycles. The highest BCUT2D eigenvalue weighted by Crippen LogP contribution is 2.41. The zero-order valence-corrected chi connectivity index (χ0v) is 22.6. The molecule has 5 rings (SSSR count). The molecule has 2 aliphatic carbocycles. The maximum atomic E-state index is 12.8. The number of aliphatic hydroxyl groups excluding tert-OH is 1. The number of hydrogen-bond donors (Lipinski definition) is 6. The van der Waals surface area contributed by atoms with Crippen molar-refractivity contribution in [3.8, 4) is 0 Å². The van der Waals surface area contributed by atoms with Crippen LogP contribution in [-0.2, 0) is 14.3 Å². The molecule has 10 heteroatoms. The molecule has 0 bridgehead atoms. The molecule has 6 N–H and O–H groups in total. The van der Waals surface area contributed by atoms with E-state index in [9.17, 15) is 9.90 Å². The van der Waals surface area contributed by atoms with Crippen molar-refractivity contribution < 1.29 is 19.4 Å². The van der Waals surface area contributed by atoms with Crippen LogP contribution in [0.2, 0.25) is 0 Å². The van der Waals surface area contributed by atoms with Gasteiger partial charge in [-0.2, -0.15) is 0 Å². The first-order valence-corrected chi connectivity index (χ1v) is 14.9. The van der Waals surface area contributed by atoms with Crippen molar-refractivity contribution in [3.05, 3.63) is 0 Å². The Morgan fingerprint density at radius 3 is 2.86 bits per heavy atom. The van der Waals surface area contributed by atoms with Crippen molar-refractivity contribution in [2.24, 2.45) is 17.8 Å². The van der Waals surface area contributed by atoms with Crippen molar-refractivity contribution in [2.75, 3.05) is 52.7 Å². The van der Waals surface area contributed by atoms with E-state index >= 15 is 0 Å². The molecule has 7 unspecified atom stereocenters. The Balaban J connectivity index is 0.989. The summed E-state index contributed by atoms with van der Waals surface area (Å²) >= 11 is 0. The summed E-state index contributed by atoms with van der Waals surface area (Å²) in [5.74, 6) is 1.90. The number of hydrogen-bond acceptors (Lipinski definition) is 9. The van der Waals surface area contributed by atoms with Crippen LogP contribution >= 0.6 is 0 Å². The number of piperidine rings is 1. The van der Waals surface area contributed by atoms with Gasteiger partial charge in [0.15, 0.2) is 0 Å². The largest absolute Gasteiger partial charge is 0.390 e. The van der Waals surface area contributed by atoms with Gasteiger partial charge in [0, 0.05) is 45.3 Å². The number of carbonyl (C=O) groups is 1. The van der Waals surface area contributed by atoms with Gasteiger partial charge in [0.2, 0.25) is 5.91 Å². The molecule has 2 saturated carbocycles. The Hall–Kier alpha value is -0.850. The lowest BCUT2D eigenvalue weighted by molar-refractivity contribution is -0.124. The molecule has 212 valence electrons. The lowest BCUT2D eigenvalue weighted by Crippen LogP contribution is -2.61. The number of rotatable bonds is 10. The maximum Gasteiger partial charge on any atom is 0.237 e. The fourth-order valence-corrected chi connectivity index (χ4v) is 7.35. The second-order valence-corrected chi connectivity index (χ2v) is 12.1. The highest BCUT2D eigenvalue weighted by molar-refractivity contribution is 5.81. The fraction of sp³-hybridized carbons (Fsp3) is 0.963. The van der Waals surface area contributed by atoms with Gasteiger partial charge in [-0.1, -0.05) is 19.8 Å². The van der Waals surface area contributed by atoms with Gasteiger partial charge in [0.1, 0.15) is 0 Å².